The van der Waals surface area contributed by atoms with Crippen LogP contribution in [0.4, 0.5) is 0 Å². The second-order valence-corrected chi connectivity index (χ2v) is 11.3. The number of amides is 2. The minimum absolute atomic E-state index is 0.249. The topological polar surface area (TPSA) is 100 Å². The highest BCUT2D eigenvalue weighted by Gasteiger charge is 2.40. The molecule has 1 aliphatic heterocycles. The van der Waals surface area contributed by atoms with E-state index < -0.39 is 4.65 Å². The maximum atomic E-state index is 12.9. The van der Waals surface area contributed by atoms with E-state index >= 15 is 0 Å². The van der Waals surface area contributed by atoms with Crippen molar-refractivity contribution in [1.29, 1.82) is 0 Å². The quantitative estimate of drug-likeness (QED) is 0.116. The van der Waals surface area contributed by atoms with Gasteiger partial charge in [0.2, 0.25) is 12.2 Å². The summed E-state index contributed by atoms with van der Waals surface area (Å²) in [5, 5.41) is 15.9. The van der Waals surface area contributed by atoms with Crippen molar-refractivity contribution < 1.29 is 28.4 Å². The minimum Gasteiger partial charge on any atom is -0.625 e. The molecule has 1 N–H and O–H groups in total. The molecule has 2 atom stereocenters. The van der Waals surface area contributed by atoms with Crippen molar-refractivity contribution in [2.24, 2.45) is 0 Å². The smallest absolute Gasteiger partial charge is 0.331 e. The maximum Gasteiger partial charge on any atom is 0.331 e. The lowest BCUT2D eigenvalue weighted by atomic mass is 9.97. The van der Waals surface area contributed by atoms with Gasteiger partial charge in [0, 0.05) is 24.5 Å². The standard InChI is InChI=1S/C25H34N2O5.C9H10ClNO/c1-6-7-12-26-13-14-27(2,29)25(28)21(26)15-18-8-10-19(11-9-18)20-16-22(30-3)24(32-5)23(17-20)31-4;10-9-3-1-8(2-4-9)5-6-11-7-12/h8-11,16-17,21H,6-7,12-15H2,1-5H3;1-4,7H,5-6H2,(H,11,12). The summed E-state index contributed by atoms with van der Waals surface area (Å²) in [6, 6.07) is 19.1. The van der Waals surface area contributed by atoms with E-state index in [1.54, 1.807) is 21.3 Å². The average Bonchev–Trinajstić information content (AvgIpc) is 3.04. The van der Waals surface area contributed by atoms with Crippen LogP contribution in [0.25, 0.3) is 11.1 Å². The number of benzene rings is 3. The predicted molar refractivity (Wildman–Crippen MR) is 174 cm³/mol. The second-order valence-electron chi connectivity index (χ2n) is 10.8. The van der Waals surface area contributed by atoms with Gasteiger partial charge in [-0.25, -0.2) is 4.79 Å². The average molecular weight is 626 g/mol. The number of rotatable bonds is 13. The fourth-order valence-electron chi connectivity index (χ4n) is 5.13. The number of quaternary nitrogens is 1. The highest BCUT2D eigenvalue weighted by molar-refractivity contribution is 6.30. The third-order valence-electron chi connectivity index (χ3n) is 7.74. The van der Waals surface area contributed by atoms with Gasteiger partial charge < -0.3 is 24.7 Å². The molecule has 1 fully saturated rings. The Labute approximate surface area is 265 Å². The molecule has 9 nitrogen and oxygen atoms in total. The van der Waals surface area contributed by atoms with Crippen LogP contribution in [0.2, 0.25) is 5.02 Å². The van der Waals surface area contributed by atoms with Crippen LogP contribution in [-0.4, -0.2) is 82.5 Å². The number of unbranched alkanes of at least 4 members (excludes halogenated alkanes) is 1. The number of piperazine rings is 1. The molecule has 0 saturated carbocycles. The van der Waals surface area contributed by atoms with Crippen molar-refractivity contribution in [2.45, 2.75) is 38.6 Å². The van der Waals surface area contributed by atoms with Gasteiger partial charge in [-0.2, -0.15) is 0 Å². The molecule has 0 aromatic heterocycles. The molecule has 3 aromatic rings. The number of carbonyl (C=O) groups excluding carboxylic acids is 2. The Hall–Kier alpha value is -3.63. The van der Waals surface area contributed by atoms with E-state index in [9.17, 15) is 14.8 Å². The Morgan fingerprint density at radius 2 is 1.59 bits per heavy atom. The number of carbonyl (C=O) groups is 2. The summed E-state index contributed by atoms with van der Waals surface area (Å²) in [4.78, 5) is 25.0. The van der Waals surface area contributed by atoms with Crippen LogP contribution in [0.15, 0.2) is 60.7 Å². The van der Waals surface area contributed by atoms with E-state index in [4.69, 9.17) is 25.8 Å². The van der Waals surface area contributed by atoms with Gasteiger partial charge in [-0.3, -0.25) is 14.3 Å². The van der Waals surface area contributed by atoms with E-state index in [1.807, 2.05) is 60.7 Å². The molecule has 2 unspecified atom stereocenters. The fourth-order valence-corrected chi connectivity index (χ4v) is 5.26. The van der Waals surface area contributed by atoms with Crippen molar-refractivity contribution >= 4 is 23.9 Å². The first kappa shape index (κ1) is 34.9. The molecule has 0 radical (unpaired) electrons. The maximum absolute atomic E-state index is 12.9. The highest BCUT2D eigenvalue weighted by atomic mass is 35.5. The zero-order chi connectivity index (χ0) is 32.1. The molecule has 0 spiro atoms. The molecule has 0 bridgehead atoms. The molecule has 2 amide bonds. The number of likely N-dealkylation sites (N-methyl/N-ethyl adjacent to an activating group) is 1. The summed E-state index contributed by atoms with van der Waals surface area (Å²) in [6.07, 6.45) is 4.16. The van der Waals surface area contributed by atoms with Crippen LogP contribution in [0.5, 0.6) is 17.2 Å². The summed E-state index contributed by atoms with van der Waals surface area (Å²) in [5.41, 5.74) is 4.14. The van der Waals surface area contributed by atoms with Crippen LogP contribution in [0.3, 0.4) is 0 Å². The van der Waals surface area contributed by atoms with Crippen molar-refractivity contribution in [2.75, 3.05) is 54.6 Å². The number of methoxy groups -OCH3 is 3. The molecular weight excluding hydrogens is 582 g/mol. The molecule has 1 heterocycles. The van der Waals surface area contributed by atoms with Gasteiger partial charge in [0.25, 0.3) is 0 Å². The summed E-state index contributed by atoms with van der Waals surface area (Å²) in [6.45, 7) is 4.62. The van der Waals surface area contributed by atoms with Gasteiger partial charge >= 0.3 is 5.91 Å². The Kier molecular flexibility index (Phi) is 13.5. The summed E-state index contributed by atoms with van der Waals surface area (Å²) < 4.78 is 15.5. The molecule has 238 valence electrons. The summed E-state index contributed by atoms with van der Waals surface area (Å²) in [5.74, 6) is 1.49. The minimum atomic E-state index is -0.795. The SMILES string of the molecule is CCCCN1CC[N+](C)([O-])C(=O)C1Cc1ccc(-c2cc(OC)c(OC)c(OC)c2)cc1.O=CNCCc1ccc(Cl)cc1. The van der Waals surface area contributed by atoms with Gasteiger partial charge in [-0.15, -0.1) is 0 Å². The van der Waals surface area contributed by atoms with Gasteiger partial charge in [0.1, 0.15) is 6.04 Å². The van der Waals surface area contributed by atoms with Crippen molar-refractivity contribution in [3.8, 4) is 28.4 Å². The molecule has 1 aliphatic rings. The molecular formula is C34H44ClN3O6. The van der Waals surface area contributed by atoms with E-state index in [1.165, 1.54) is 12.6 Å². The van der Waals surface area contributed by atoms with E-state index in [0.29, 0.717) is 49.7 Å². The number of ether oxygens (including phenoxy) is 3. The number of hydrogen-bond acceptors (Lipinski definition) is 7. The molecule has 1 saturated heterocycles. The lowest BCUT2D eigenvalue weighted by molar-refractivity contribution is -0.788. The third-order valence-corrected chi connectivity index (χ3v) is 7.99. The largest absolute Gasteiger partial charge is 0.625 e. The van der Waals surface area contributed by atoms with Gasteiger partial charge in [-0.05, 0) is 65.9 Å². The van der Waals surface area contributed by atoms with Crippen molar-refractivity contribution in [3.05, 3.63) is 82.0 Å². The first-order chi connectivity index (χ1) is 21.2. The first-order valence-electron chi connectivity index (χ1n) is 14.8. The lowest BCUT2D eigenvalue weighted by Crippen LogP contribution is -2.63. The van der Waals surface area contributed by atoms with Crippen molar-refractivity contribution in [1.82, 2.24) is 10.2 Å². The van der Waals surface area contributed by atoms with Crippen molar-refractivity contribution in [3.63, 3.8) is 0 Å². The monoisotopic (exact) mass is 625 g/mol. The highest BCUT2D eigenvalue weighted by Crippen LogP contribution is 2.41. The second kappa shape index (κ2) is 17.0. The van der Waals surface area contributed by atoms with E-state index in [0.717, 1.165) is 47.5 Å². The number of hydrogen-bond donors (Lipinski definition) is 1. The van der Waals surface area contributed by atoms with Crippen LogP contribution < -0.4 is 19.5 Å². The molecule has 44 heavy (non-hydrogen) atoms. The molecule has 4 rings (SSSR count). The Morgan fingerprint density at radius 3 is 2.14 bits per heavy atom. The Bertz CT molecular complexity index is 1320. The lowest BCUT2D eigenvalue weighted by Gasteiger charge is -2.46. The number of nitrogens with one attached hydrogen (secondary N) is 1. The molecule has 10 heteroatoms. The Morgan fingerprint density at radius 1 is 0.977 bits per heavy atom. The number of halogens is 1. The van der Waals surface area contributed by atoms with Crippen LogP contribution in [0.1, 0.15) is 30.9 Å². The normalized spacial score (nSPS) is 18.2. The van der Waals surface area contributed by atoms with Crippen LogP contribution in [-0.2, 0) is 22.4 Å². The van der Waals surface area contributed by atoms with Crippen LogP contribution in [0, 0.1) is 5.21 Å². The fraction of sp³-hybridized carbons (Fsp3) is 0.412. The van der Waals surface area contributed by atoms with Gasteiger partial charge in [-0.1, -0.05) is 61.3 Å². The van der Waals surface area contributed by atoms with Gasteiger partial charge in [0.05, 0.1) is 34.9 Å². The zero-order valence-corrected chi connectivity index (χ0v) is 27.1. The number of nitrogens with zero attached hydrogens (tertiary/aromatic N) is 2. The first-order valence-corrected chi connectivity index (χ1v) is 15.2. The molecule has 3 aromatic carbocycles. The molecule has 0 aliphatic carbocycles. The van der Waals surface area contributed by atoms with Crippen LogP contribution >= 0.6 is 11.6 Å². The van der Waals surface area contributed by atoms with E-state index in [-0.39, 0.29) is 11.9 Å². The third kappa shape index (κ3) is 9.43. The van der Waals surface area contributed by atoms with E-state index in [2.05, 4.69) is 17.1 Å². The Balaban J connectivity index is 0.000000369. The number of hydroxylamine groups is 3. The predicted octanol–water partition coefficient (Wildman–Crippen LogP) is 5.51. The zero-order valence-electron chi connectivity index (χ0n) is 26.3. The van der Waals surface area contributed by atoms with Gasteiger partial charge in [0.15, 0.2) is 11.5 Å². The summed E-state index contributed by atoms with van der Waals surface area (Å²) >= 11 is 5.70. The summed E-state index contributed by atoms with van der Waals surface area (Å²) in [7, 11) is 6.24.